The summed E-state index contributed by atoms with van der Waals surface area (Å²) in [6.45, 7) is 4.28. The molecule has 0 aliphatic carbocycles. The summed E-state index contributed by atoms with van der Waals surface area (Å²) in [6, 6.07) is 5.69. The van der Waals surface area contributed by atoms with Crippen molar-refractivity contribution in [2.75, 3.05) is 19.6 Å². The van der Waals surface area contributed by atoms with E-state index >= 15 is 0 Å². The maximum absolute atomic E-state index is 12.4. The number of carbonyl (C=O) groups excluding carboxylic acids is 2. The number of benzene rings is 1. The molecule has 3 N–H and O–H groups in total. The molecular weight excluding hydrogens is 413 g/mol. The van der Waals surface area contributed by atoms with Crippen molar-refractivity contribution < 1.29 is 33.0 Å². The second-order valence-electron chi connectivity index (χ2n) is 7.93. The van der Waals surface area contributed by atoms with Crippen LogP contribution in [-0.2, 0) is 16.0 Å². The number of nitrogens with one attached hydrogen (secondary N) is 1. The number of ether oxygens (including phenoxy) is 1. The van der Waals surface area contributed by atoms with Gasteiger partial charge in [0.15, 0.2) is 0 Å². The third-order valence-electron chi connectivity index (χ3n) is 5.11. The van der Waals surface area contributed by atoms with Crippen LogP contribution in [0.25, 0.3) is 0 Å². The van der Waals surface area contributed by atoms with Crippen LogP contribution in [0.15, 0.2) is 24.3 Å². The van der Waals surface area contributed by atoms with Crippen LogP contribution in [0.3, 0.4) is 0 Å². The summed E-state index contributed by atoms with van der Waals surface area (Å²) < 4.78 is 40.9. The summed E-state index contributed by atoms with van der Waals surface area (Å²) in [4.78, 5) is 25.7. The molecule has 6 nitrogen and oxygen atoms in total. The highest BCUT2D eigenvalue weighted by atomic mass is 19.4. The fraction of sp³-hybridized carbons (Fsp3) is 0.636. The van der Waals surface area contributed by atoms with Crippen LogP contribution in [0.5, 0.6) is 5.75 Å². The number of nitrogens with zero attached hydrogens (tertiary/aromatic N) is 1. The molecule has 1 amide bonds. The largest absolute Gasteiger partial charge is 0.573 e. The summed E-state index contributed by atoms with van der Waals surface area (Å²) in [7, 11) is 0. The minimum absolute atomic E-state index is 0. The van der Waals surface area contributed by atoms with Crippen molar-refractivity contribution in [1.82, 2.24) is 10.2 Å². The van der Waals surface area contributed by atoms with Crippen molar-refractivity contribution in [3.8, 4) is 5.75 Å². The Balaban J connectivity index is 0.00000480. The SMILES string of the molecule is CC(=O)CCCCCC(=O)N[C@@H](Cc1ccc(OC(F)(F)F)cc1)CN1CCCC1.O. The van der Waals surface area contributed by atoms with Crippen molar-refractivity contribution in [3.05, 3.63) is 29.8 Å². The number of likely N-dealkylation sites (tertiary alicyclic amines) is 1. The van der Waals surface area contributed by atoms with Gasteiger partial charge in [0, 0.05) is 25.4 Å². The van der Waals surface area contributed by atoms with Gasteiger partial charge in [-0.1, -0.05) is 18.6 Å². The number of amides is 1. The van der Waals surface area contributed by atoms with Crippen molar-refractivity contribution in [1.29, 1.82) is 0 Å². The van der Waals surface area contributed by atoms with Crippen LogP contribution >= 0.6 is 0 Å². The standard InChI is InChI=1S/C22H31F3N2O3.H2O/c1-17(28)7-3-2-4-8-21(29)26-19(16-27-13-5-6-14-27)15-18-9-11-20(12-10-18)30-22(23,24)25;/h9-12,19H,2-8,13-16H2,1H3,(H,26,29);1H2/t19-;/m0./s1. The van der Waals surface area contributed by atoms with Crippen molar-refractivity contribution >= 4 is 11.7 Å². The molecule has 31 heavy (non-hydrogen) atoms. The molecule has 1 saturated heterocycles. The lowest BCUT2D eigenvalue weighted by atomic mass is 10.0. The average molecular weight is 447 g/mol. The summed E-state index contributed by atoms with van der Waals surface area (Å²) in [5.74, 6) is -0.118. The van der Waals surface area contributed by atoms with Gasteiger partial charge in [-0.05, 0) is 69.8 Å². The van der Waals surface area contributed by atoms with Gasteiger partial charge in [0.2, 0.25) is 5.91 Å². The molecule has 1 aromatic carbocycles. The number of unbranched alkanes of at least 4 members (excludes halogenated alkanes) is 2. The Morgan fingerprint density at radius 1 is 1.06 bits per heavy atom. The number of Topliss-reactive ketones (excluding diaryl/α,β-unsaturated/α-hetero) is 1. The predicted octanol–water partition coefficient (Wildman–Crippen LogP) is 3.42. The lowest BCUT2D eigenvalue weighted by Crippen LogP contribution is -2.44. The zero-order valence-corrected chi connectivity index (χ0v) is 18.0. The van der Waals surface area contributed by atoms with Crippen molar-refractivity contribution in [3.63, 3.8) is 0 Å². The lowest BCUT2D eigenvalue weighted by molar-refractivity contribution is -0.274. The zero-order valence-electron chi connectivity index (χ0n) is 18.0. The van der Waals surface area contributed by atoms with Crippen LogP contribution in [0.4, 0.5) is 13.2 Å². The first-order valence-electron chi connectivity index (χ1n) is 10.6. The van der Waals surface area contributed by atoms with Crippen LogP contribution in [-0.4, -0.2) is 54.1 Å². The third kappa shape index (κ3) is 11.7. The van der Waals surface area contributed by atoms with Crippen LogP contribution < -0.4 is 10.1 Å². The van der Waals surface area contributed by atoms with Gasteiger partial charge in [0.1, 0.15) is 11.5 Å². The Morgan fingerprint density at radius 3 is 2.26 bits per heavy atom. The number of hydrogen-bond donors (Lipinski definition) is 1. The number of carbonyl (C=O) groups is 2. The highest BCUT2D eigenvalue weighted by molar-refractivity contribution is 5.76. The Bertz CT molecular complexity index is 674. The summed E-state index contributed by atoms with van der Waals surface area (Å²) in [5.41, 5.74) is 0.843. The fourth-order valence-corrected chi connectivity index (χ4v) is 3.69. The van der Waals surface area contributed by atoms with Crippen LogP contribution in [0.1, 0.15) is 57.4 Å². The Labute approximate surface area is 181 Å². The van der Waals surface area contributed by atoms with Crippen LogP contribution in [0.2, 0.25) is 0 Å². The van der Waals surface area contributed by atoms with E-state index in [-0.39, 0.29) is 29.0 Å². The topological polar surface area (TPSA) is 90.1 Å². The second kappa shape index (κ2) is 13.3. The predicted molar refractivity (Wildman–Crippen MR) is 112 cm³/mol. The van der Waals surface area contributed by atoms with Crippen molar-refractivity contribution in [2.24, 2.45) is 0 Å². The van der Waals surface area contributed by atoms with E-state index in [1.807, 2.05) is 0 Å². The van der Waals surface area contributed by atoms with Crippen molar-refractivity contribution in [2.45, 2.75) is 70.7 Å². The summed E-state index contributed by atoms with van der Waals surface area (Å²) in [5, 5.41) is 3.09. The second-order valence-corrected chi connectivity index (χ2v) is 7.93. The molecule has 9 heteroatoms. The molecule has 176 valence electrons. The quantitative estimate of drug-likeness (QED) is 0.498. The van der Waals surface area contributed by atoms with E-state index in [1.165, 1.54) is 12.1 Å². The minimum Gasteiger partial charge on any atom is -0.412 e. The molecule has 0 radical (unpaired) electrons. The molecule has 0 aromatic heterocycles. The number of alkyl halides is 3. The van der Waals surface area contributed by atoms with E-state index in [0.717, 1.165) is 57.3 Å². The summed E-state index contributed by atoms with van der Waals surface area (Å²) in [6.07, 6.45) is 1.44. The zero-order chi connectivity index (χ0) is 22.0. The molecule has 1 aromatic rings. The molecular formula is C22H33F3N2O4. The molecule has 2 rings (SSSR count). The molecule has 0 bridgehead atoms. The minimum atomic E-state index is -4.71. The molecule has 0 spiro atoms. The first kappa shape index (κ1) is 26.9. The van der Waals surface area contributed by atoms with Gasteiger partial charge in [-0.2, -0.15) is 0 Å². The monoisotopic (exact) mass is 446 g/mol. The van der Waals surface area contributed by atoms with E-state index in [9.17, 15) is 22.8 Å². The maximum Gasteiger partial charge on any atom is 0.573 e. The van der Waals surface area contributed by atoms with Gasteiger partial charge in [-0.25, -0.2) is 0 Å². The van der Waals surface area contributed by atoms with Gasteiger partial charge < -0.3 is 25.2 Å². The molecule has 0 saturated carbocycles. The Kier molecular flexibility index (Phi) is 11.6. The molecule has 1 atom stereocenters. The van der Waals surface area contributed by atoms with E-state index in [2.05, 4.69) is 15.0 Å². The summed E-state index contributed by atoms with van der Waals surface area (Å²) >= 11 is 0. The first-order valence-corrected chi connectivity index (χ1v) is 10.6. The molecule has 1 aliphatic heterocycles. The smallest absolute Gasteiger partial charge is 0.412 e. The molecule has 1 fully saturated rings. The maximum atomic E-state index is 12.4. The van der Waals surface area contributed by atoms with Gasteiger partial charge in [-0.3, -0.25) is 4.79 Å². The molecule has 1 aliphatic rings. The van der Waals surface area contributed by atoms with Gasteiger partial charge in [-0.15, -0.1) is 13.2 Å². The van der Waals surface area contributed by atoms with Gasteiger partial charge >= 0.3 is 6.36 Å². The van der Waals surface area contributed by atoms with Gasteiger partial charge in [0.25, 0.3) is 0 Å². The van der Waals surface area contributed by atoms with Crippen LogP contribution in [0, 0.1) is 0 Å². The number of halogens is 3. The number of rotatable bonds is 12. The third-order valence-corrected chi connectivity index (χ3v) is 5.11. The van der Waals surface area contributed by atoms with E-state index in [1.54, 1.807) is 19.1 Å². The van der Waals surface area contributed by atoms with E-state index in [0.29, 0.717) is 19.3 Å². The first-order chi connectivity index (χ1) is 14.2. The average Bonchev–Trinajstić information content (AvgIpc) is 3.14. The molecule has 1 heterocycles. The number of ketones is 1. The number of hydrogen-bond acceptors (Lipinski definition) is 4. The fourth-order valence-electron chi connectivity index (χ4n) is 3.69. The van der Waals surface area contributed by atoms with Gasteiger partial charge in [0.05, 0.1) is 0 Å². The highest BCUT2D eigenvalue weighted by Gasteiger charge is 2.31. The normalized spacial score (nSPS) is 15.2. The lowest BCUT2D eigenvalue weighted by Gasteiger charge is -2.25. The Morgan fingerprint density at radius 2 is 1.68 bits per heavy atom. The highest BCUT2D eigenvalue weighted by Crippen LogP contribution is 2.23. The molecule has 0 unspecified atom stereocenters. The van der Waals surface area contributed by atoms with E-state index < -0.39 is 6.36 Å². The van der Waals surface area contributed by atoms with E-state index in [4.69, 9.17) is 0 Å². The Hall–Kier alpha value is -2.13.